The van der Waals surface area contributed by atoms with Gasteiger partial charge < -0.3 is 5.32 Å². The van der Waals surface area contributed by atoms with Crippen molar-refractivity contribution >= 4 is 15.7 Å². The third kappa shape index (κ3) is 3.64. The maximum Gasteiger partial charge on any atom is 0.253 e. The molecule has 126 valence electrons. The summed E-state index contributed by atoms with van der Waals surface area (Å²) in [7, 11) is -3.07. The van der Waals surface area contributed by atoms with Crippen LogP contribution < -0.4 is 5.32 Å². The summed E-state index contributed by atoms with van der Waals surface area (Å²) in [5, 5.41) is 2.86. The molecule has 0 spiro atoms. The van der Waals surface area contributed by atoms with E-state index in [9.17, 15) is 13.2 Å². The average Bonchev–Trinajstić information content (AvgIpc) is 2.80. The first-order valence-electron chi connectivity index (χ1n) is 7.81. The number of carbonyl (C=O) groups is 1. The Morgan fingerprint density at radius 2 is 2.00 bits per heavy atom. The second kappa shape index (κ2) is 6.02. The Hall–Kier alpha value is -2.21. The zero-order valence-electron chi connectivity index (χ0n) is 13.7. The van der Waals surface area contributed by atoms with Crippen LogP contribution in [0.5, 0.6) is 0 Å². The van der Waals surface area contributed by atoms with E-state index >= 15 is 0 Å². The molecule has 1 aliphatic heterocycles. The molecule has 1 aromatic heterocycles. The molecule has 24 heavy (non-hydrogen) atoms. The topological polar surface area (TPSA) is 76.1 Å². The lowest BCUT2D eigenvalue weighted by molar-refractivity contribution is 0.0915. The van der Waals surface area contributed by atoms with Gasteiger partial charge >= 0.3 is 0 Å². The number of benzene rings is 1. The number of aromatic nitrogens is 1. The smallest absolute Gasteiger partial charge is 0.253 e. The van der Waals surface area contributed by atoms with E-state index in [0.29, 0.717) is 12.0 Å². The first-order chi connectivity index (χ1) is 11.3. The number of nitrogens with one attached hydrogen (secondary N) is 1. The number of hydrogen-bond acceptors (Lipinski definition) is 4. The maximum atomic E-state index is 12.5. The molecular formula is C18H20N2O3S. The molecule has 0 bridgehead atoms. The normalized spacial score (nSPS) is 22.2. The SMILES string of the molecule is Cc1cccc(-c2cncc(C(=O)N[C@@]3(C)CCS(=O)(=O)C3)c2)c1. The Bertz CT molecular complexity index is 893. The highest BCUT2D eigenvalue weighted by atomic mass is 32.2. The second-order valence-electron chi connectivity index (χ2n) is 6.69. The van der Waals surface area contributed by atoms with Crippen molar-refractivity contribution in [3.05, 3.63) is 53.9 Å². The highest BCUT2D eigenvalue weighted by Gasteiger charge is 2.39. The second-order valence-corrected chi connectivity index (χ2v) is 8.87. The van der Waals surface area contributed by atoms with Crippen LogP contribution in [-0.2, 0) is 9.84 Å². The summed E-state index contributed by atoms with van der Waals surface area (Å²) in [4.78, 5) is 16.7. The number of amides is 1. The van der Waals surface area contributed by atoms with Gasteiger partial charge in [0.2, 0.25) is 0 Å². The fourth-order valence-corrected chi connectivity index (χ4v) is 5.10. The predicted octanol–water partition coefficient (Wildman–Crippen LogP) is 2.36. The van der Waals surface area contributed by atoms with E-state index in [1.807, 2.05) is 31.2 Å². The van der Waals surface area contributed by atoms with Gasteiger partial charge in [-0.1, -0.05) is 29.8 Å². The van der Waals surface area contributed by atoms with Crippen molar-refractivity contribution in [2.24, 2.45) is 0 Å². The summed E-state index contributed by atoms with van der Waals surface area (Å²) in [5.74, 6) is -0.196. The molecule has 1 saturated heterocycles. The lowest BCUT2D eigenvalue weighted by Gasteiger charge is -2.23. The fraction of sp³-hybridized carbons (Fsp3) is 0.333. The Morgan fingerprint density at radius 1 is 1.21 bits per heavy atom. The lowest BCUT2D eigenvalue weighted by atomic mass is 10.0. The molecule has 3 rings (SSSR count). The molecule has 1 amide bonds. The molecule has 1 aromatic carbocycles. The van der Waals surface area contributed by atoms with Gasteiger partial charge in [-0.2, -0.15) is 0 Å². The Morgan fingerprint density at radius 3 is 2.67 bits per heavy atom. The van der Waals surface area contributed by atoms with Crippen molar-refractivity contribution in [3.63, 3.8) is 0 Å². The summed E-state index contributed by atoms with van der Waals surface area (Å²) in [6.45, 7) is 3.78. The highest BCUT2D eigenvalue weighted by Crippen LogP contribution is 2.24. The molecule has 0 unspecified atom stereocenters. The van der Waals surface area contributed by atoms with E-state index in [2.05, 4.69) is 10.3 Å². The molecular weight excluding hydrogens is 324 g/mol. The van der Waals surface area contributed by atoms with Crippen LogP contribution in [0.4, 0.5) is 0 Å². The molecule has 0 aliphatic carbocycles. The number of rotatable bonds is 3. The molecule has 1 atom stereocenters. The van der Waals surface area contributed by atoms with Crippen LogP contribution in [0.25, 0.3) is 11.1 Å². The standard InChI is InChI=1S/C18H20N2O3S/c1-13-4-3-5-14(8-13)15-9-16(11-19-10-15)17(21)20-18(2)6-7-24(22,23)12-18/h3-5,8-11H,6-7,12H2,1-2H3,(H,20,21)/t18-/m0/s1. The van der Waals surface area contributed by atoms with Gasteiger partial charge in [-0.3, -0.25) is 9.78 Å². The van der Waals surface area contributed by atoms with Crippen molar-refractivity contribution in [1.29, 1.82) is 0 Å². The molecule has 1 aliphatic rings. The molecule has 0 saturated carbocycles. The summed E-state index contributed by atoms with van der Waals surface area (Å²) < 4.78 is 23.3. The monoisotopic (exact) mass is 344 g/mol. The van der Waals surface area contributed by atoms with Gasteiger partial charge in [0, 0.05) is 18.0 Å². The van der Waals surface area contributed by atoms with Crippen LogP contribution in [-0.4, -0.2) is 36.4 Å². The van der Waals surface area contributed by atoms with Crippen LogP contribution in [0, 0.1) is 6.92 Å². The number of pyridine rings is 1. The van der Waals surface area contributed by atoms with Gasteiger partial charge in [0.05, 0.1) is 22.6 Å². The maximum absolute atomic E-state index is 12.5. The summed E-state index contributed by atoms with van der Waals surface area (Å²) in [6.07, 6.45) is 3.65. The lowest BCUT2D eigenvalue weighted by Crippen LogP contribution is -2.46. The largest absolute Gasteiger partial charge is 0.346 e. The molecule has 2 aromatic rings. The highest BCUT2D eigenvalue weighted by molar-refractivity contribution is 7.91. The van der Waals surface area contributed by atoms with E-state index in [1.165, 1.54) is 6.20 Å². The number of nitrogens with zero attached hydrogens (tertiary/aromatic N) is 1. The van der Waals surface area contributed by atoms with Crippen molar-refractivity contribution < 1.29 is 13.2 Å². The first-order valence-corrected chi connectivity index (χ1v) is 9.64. The van der Waals surface area contributed by atoms with E-state index in [-0.39, 0.29) is 17.4 Å². The number of hydrogen-bond donors (Lipinski definition) is 1. The molecule has 6 heteroatoms. The first kappa shape index (κ1) is 16.6. The summed E-state index contributed by atoms with van der Waals surface area (Å²) in [5.41, 5.74) is 2.70. The van der Waals surface area contributed by atoms with E-state index in [1.54, 1.807) is 19.2 Å². The molecule has 1 fully saturated rings. The van der Waals surface area contributed by atoms with Crippen molar-refractivity contribution in [2.45, 2.75) is 25.8 Å². The third-order valence-electron chi connectivity index (χ3n) is 4.27. The minimum atomic E-state index is -3.07. The Balaban J connectivity index is 1.83. The van der Waals surface area contributed by atoms with Gasteiger partial charge in [-0.15, -0.1) is 0 Å². The molecule has 5 nitrogen and oxygen atoms in total. The van der Waals surface area contributed by atoms with Gasteiger partial charge in [-0.05, 0) is 31.9 Å². The zero-order chi connectivity index (χ0) is 17.4. The molecule has 2 heterocycles. The van der Waals surface area contributed by atoms with Crippen LogP contribution >= 0.6 is 0 Å². The Kier molecular flexibility index (Phi) is 4.17. The average molecular weight is 344 g/mol. The quantitative estimate of drug-likeness (QED) is 0.927. The predicted molar refractivity (Wildman–Crippen MR) is 93.6 cm³/mol. The van der Waals surface area contributed by atoms with Crippen molar-refractivity contribution in [3.8, 4) is 11.1 Å². The number of aryl methyl sites for hydroxylation is 1. The van der Waals surface area contributed by atoms with Crippen LogP contribution in [0.2, 0.25) is 0 Å². The van der Waals surface area contributed by atoms with Gasteiger partial charge in [0.15, 0.2) is 9.84 Å². The van der Waals surface area contributed by atoms with Gasteiger partial charge in [0.1, 0.15) is 0 Å². The van der Waals surface area contributed by atoms with E-state index in [4.69, 9.17) is 0 Å². The van der Waals surface area contributed by atoms with Crippen LogP contribution in [0.3, 0.4) is 0 Å². The fourth-order valence-electron chi connectivity index (χ4n) is 3.00. The van der Waals surface area contributed by atoms with E-state index < -0.39 is 15.4 Å². The number of sulfone groups is 1. The van der Waals surface area contributed by atoms with Gasteiger partial charge in [-0.25, -0.2) is 8.42 Å². The zero-order valence-corrected chi connectivity index (χ0v) is 14.6. The third-order valence-corrected chi connectivity index (χ3v) is 6.17. The summed E-state index contributed by atoms with van der Waals surface area (Å²) >= 11 is 0. The van der Waals surface area contributed by atoms with Gasteiger partial charge in [0.25, 0.3) is 5.91 Å². The Labute approximate surface area is 142 Å². The summed E-state index contributed by atoms with van der Waals surface area (Å²) in [6, 6.07) is 9.75. The van der Waals surface area contributed by atoms with Crippen molar-refractivity contribution in [1.82, 2.24) is 10.3 Å². The molecule has 1 N–H and O–H groups in total. The minimum absolute atomic E-state index is 0.0171. The molecule has 0 radical (unpaired) electrons. The van der Waals surface area contributed by atoms with Crippen LogP contribution in [0.15, 0.2) is 42.7 Å². The van der Waals surface area contributed by atoms with Crippen molar-refractivity contribution in [2.75, 3.05) is 11.5 Å². The van der Waals surface area contributed by atoms with E-state index in [0.717, 1.165) is 16.7 Å². The number of carbonyl (C=O) groups excluding carboxylic acids is 1. The minimum Gasteiger partial charge on any atom is -0.346 e. The van der Waals surface area contributed by atoms with Crippen LogP contribution in [0.1, 0.15) is 29.3 Å².